The van der Waals surface area contributed by atoms with Crippen LogP contribution in [0.1, 0.15) is 11.4 Å². The maximum atomic E-state index is 5.87. The molecule has 0 amide bonds. The van der Waals surface area contributed by atoms with Crippen LogP contribution in [0.25, 0.3) is 0 Å². The summed E-state index contributed by atoms with van der Waals surface area (Å²) in [5, 5.41) is 8.85. The summed E-state index contributed by atoms with van der Waals surface area (Å²) in [7, 11) is 0. The molecule has 0 saturated carbocycles. The van der Waals surface area contributed by atoms with Crippen molar-refractivity contribution in [1.29, 1.82) is 0 Å². The van der Waals surface area contributed by atoms with Crippen LogP contribution < -0.4 is 0 Å². The van der Waals surface area contributed by atoms with Crippen LogP contribution in [0, 0.1) is 0 Å². The Bertz CT molecular complexity index is 625. The molecular formula is C13H11ClN4. The molecule has 0 spiro atoms. The molecule has 0 unspecified atom stereocenters. The van der Waals surface area contributed by atoms with E-state index in [0.29, 0.717) is 0 Å². The van der Waals surface area contributed by atoms with Gasteiger partial charge in [0.2, 0.25) is 0 Å². The SMILES string of the molecule is Clc1ccc(Cc2nncn2-n2cccc2)cc1. The van der Waals surface area contributed by atoms with Crippen molar-refractivity contribution in [3.8, 4) is 0 Å². The van der Waals surface area contributed by atoms with E-state index in [9.17, 15) is 0 Å². The molecule has 2 heterocycles. The van der Waals surface area contributed by atoms with Crippen molar-refractivity contribution >= 4 is 11.6 Å². The van der Waals surface area contributed by atoms with Gasteiger partial charge < -0.3 is 0 Å². The van der Waals surface area contributed by atoms with E-state index in [2.05, 4.69) is 10.2 Å². The number of benzene rings is 1. The first-order chi connectivity index (χ1) is 8.83. The molecule has 0 N–H and O–H groups in total. The van der Waals surface area contributed by atoms with Gasteiger partial charge in [-0.1, -0.05) is 23.7 Å². The molecular weight excluding hydrogens is 248 g/mol. The highest BCUT2D eigenvalue weighted by Gasteiger charge is 2.06. The first-order valence-electron chi connectivity index (χ1n) is 5.60. The quantitative estimate of drug-likeness (QED) is 0.724. The third-order valence-corrected chi connectivity index (χ3v) is 2.96. The maximum Gasteiger partial charge on any atom is 0.157 e. The molecule has 3 rings (SSSR count). The van der Waals surface area contributed by atoms with Crippen molar-refractivity contribution < 1.29 is 0 Å². The lowest BCUT2D eigenvalue weighted by Gasteiger charge is -2.07. The average molecular weight is 259 g/mol. The Labute approximate surface area is 109 Å². The van der Waals surface area contributed by atoms with Crippen LogP contribution >= 0.6 is 11.6 Å². The van der Waals surface area contributed by atoms with Crippen molar-refractivity contribution in [2.75, 3.05) is 0 Å². The number of halogens is 1. The summed E-state index contributed by atoms with van der Waals surface area (Å²) in [4.78, 5) is 0. The van der Waals surface area contributed by atoms with Crippen LogP contribution in [0.2, 0.25) is 5.02 Å². The van der Waals surface area contributed by atoms with Crippen LogP contribution in [0.15, 0.2) is 55.1 Å². The Morgan fingerprint density at radius 2 is 1.78 bits per heavy atom. The van der Waals surface area contributed by atoms with Gasteiger partial charge in [0.25, 0.3) is 0 Å². The van der Waals surface area contributed by atoms with Crippen molar-refractivity contribution in [2.45, 2.75) is 6.42 Å². The van der Waals surface area contributed by atoms with Gasteiger partial charge in [0.15, 0.2) is 5.82 Å². The van der Waals surface area contributed by atoms with Gasteiger partial charge in [0.1, 0.15) is 6.33 Å². The molecule has 0 saturated heterocycles. The molecule has 0 aliphatic rings. The van der Waals surface area contributed by atoms with Gasteiger partial charge in [-0.05, 0) is 29.8 Å². The number of aromatic nitrogens is 4. The third-order valence-electron chi connectivity index (χ3n) is 2.71. The van der Waals surface area contributed by atoms with E-state index in [4.69, 9.17) is 11.6 Å². The molecule has 18 heavy (non-hydrogen) atoms. The molecule has 0 atom stereocenters. The molecule has 2 aromatic heterocycles. The lowest BCUT2D eigenvalue weighted by molar-refractivity contribution is 0.626. The summed E-state index contributed by atoms with van der Waals surface area (Å²) in [6.45, 7) is 0. The smallest absolute Gasteiger partial charge is 0.157 e. The van der Waals surface area contributed by atoms with Gasteiger partial charge in [-0.25, -0.2) is 4.68 Å². The zero-order valence-corrected chi connectivity index (χ0v) is 10.3. The predicted octanol–water partition coefficient (Wildman–Crippen LogP) is 2.64. The highest BCUT2D eigenvalue weighted by atomic mass is 35.5. The molecule has 0 aliphatic heterocycles. The maximum absolute atomic E-state index is 5.87. The van der Waals surface area contributed by atoms with Crippen LogP contribution in [-0.4, -0.2) is 19.5 Å². The Kier molecular flexibility index (Phi) is 2.86. The second-order valence-corrected chi connectivity index (χ2v) is 4.39. The Morgan fingerprint density at radius 3 is 2.50 bits per heavy atom. The van der Waals surface area contributed by atoms with Gasteiger partial charge in [-0.3, -0.25) is 4.68 Å². The number of nitrogens with zero attached hydrogens (tertiary/aromatic N) is 4. The number of hydrogen-bond acceptors (Lipinski definition) is 2. The Morgan fingerprint density at radius 1 is 1.06 bits per heavy atom. The zero-order chi connectivity index (χ0) is 12.4. The molecule has 90 valence electrons. The monoisotopic (exact) mass is 258 g/mol. The van der Waals surface area contributed by atoms with Gasteiger partial charge >= 0.3 is 0 Å². The Balaban J connectivity index is 1.90. The van der Waals surface area contributed by atoms with Crippen LogP contribution in [-0.2, 0) is 6.42 Å². The lowest BCUT2D eigenvalue weighted by Crippen LogP contribution is -2.10. The van der Waals surface area contributed by atoms with Gasteiger partial charge in [0, 0.05) is 23.8 Å². The second kappa shape index (κ2) is 4.66. The number of hydrogen-bond donors (Lipinski definition) is 0. The fourth-order valence-electron chi connectivity index (χ4n) is 1.82. The van der Waals surface area contributed by atoms with Crippen molar-refractivity contribution in [2.24, 2.45) is 0 Å². The molecule has 0 aliphatic carbocycles. The highest BCUT2D eigenvalue weighted by molar-refractivity contribution is 6.30. The van der Waals surface area contributed by atoms with Crippen LogP contribution in [0.5, 0.6) is 0 Å². The third kappa shape index (κ3) is 2.15. The summed E-state index contributed by atoms with van der Waals surface area (Å²) in [6.07, 6.45) is 6.32. The highest BCUT2D eigenvalue weighted by Crippen LogP contribution is 2.12. The minimum absolute atomic E-state index is 0.718. The molecule has 4 nitrogen and oxygen atoms in total. The lowest BCUT2D eigenvalue weighted by atomic mass is 10.1. The summed E-state index contributed by atoms with van der Waals surface area (Å²) >= 11 is 5.87. The molecule has 3 aromatic rings. The second-order valence-electron chi connectivity index (χ2n) is 3.96. The van der Waals surface area contributed by atoms with Crippen LogP contribution in [0.3, 0.4) is 0 Å². The molecule has 0 bridgehead atoms. The topological polar surface area (TPSA) is 35.6 Å². The van der Waals surface area contributed by atoms with Crippen molar-refractivity contribution in [3.63, 3.8) is 0 Å². The first kappa shape index (κ1) is 11.0. The summed E-state index contributed by atoms with van der Waals surface area (Å²) < 4.78 is 3.85. The Hall–Kier alpha value is -2.07. The predicted molar refractivity (Wildman–Crippen MR) is 69.5 cm³/mol. The summed E-state index contributed by atoms with van der Waals surface area (Å²) in [5.41, 5.74) is 1.15. The van der Waals surface area contributed by atoms with Crippen molar-refractivity contribution in [3.05, 3.63) is 71.5 Å². The zero-order valence-electron chi connectivity index (χ0n) is 9.57. The van der Waals surface area contributed by atoms with E-state index in [0.717, 1.165) is 22.8 Å². The molecule has 1 aromatic carbocycles. The van der Waals surface area contributed by atoms with E-state index < -0.39 is 0 Å². The number of rotatable bonds is 3. The van der Waals surface area contributed by atoms with E-state index >= 15 is 0 Å². The minimum atomic E-state index is 0.718. The molecule has 0 fully saturated rings. The van der Waals surface area contributed by atoms with E-state index in [1.807, 2.05) is 58.1 Å². The minimum Gasteiger partial charge on any atom is -0.261 e. The van der Waals surface area contributed by atoms with E-state index in [-0.39, 0.29) is 0 Å². The van der Waals surface area contributed by atoms with Crippen molar-refractivity contribution in [1.82, 2.24) is 19.5 Å². The summed E-state index contributed by atoms with van der Waals surface area (Å²) in [6, 6.07) is 11.7. The largest absolute Gasteiger partial charge is 0.261 e. The fourth-order valence-corrected chi connectivity index (χ4v) is 1.94. The summed E-state index contributed by atoms with van der Waals surface area (Å²) in [5.74, 6) is 0.883. The standard InChI is InChI=1S/C13H11ClN4/c14-12-5-3-11(4-6-12)9-13-16-15-10-18(13)17-7-1-2-8-17/h1-8,10H,9H2. The fraction of sp³-hybridized carbons (Fsp3) is 0.0769. The molecule has 0 radical (unpaired) electrons. The van der Waals surface area contributed by atoms with Crippen LogP contribution in [0.4, 0.5) is 0 Å². The van der Waals surface area contributed by atoms with Gasteiger partial charge in [-0.2, -0.15) is 0 Å². The van der Waals surface area contributed by atoms with Gasteiger partial charge in [-0.15, -0.1) is 10.2 Å². The first-order valence-corrected chi connectivity index (χ1v) is 5.98. The average Bonchev–Trinajstić information content (AvgIpc) is 3.02. The normalized spacial score (nSPS) is 10.7. The van der Waals surface area contributed by atoms with E-state index in [1.54, 1.807) is 6.33 Å². The van der Waals surface area contributed by atoms with Gasteiger partial charge in [0.05, 0.1) is 0 Å². The van der Waals surface area contributed by atoms with E-state index in [1.165, 1.54) is 0 Å². The molecule has 5 heteroatoms.